The summed E-state index contributed by atoms with van der Waals surface area (Å²) in [5.74, 6) is 0.754. The van der Waals surface area contributed by atoms with Crippen LogP contribution in [-0.4, -0.2) is 23.5 Å². The zero-order chi connectivity index (χ0) is 15.1. The summed E-state index contributed by atoms with van der Waals surface area (Å²) in [5.41, 5.74) is 1.02. The van der Waals surface area contributed by atoms with Crippen molar-refractivity contribution in [2.75, 3.05) is 11.4 Å². The molecule has 20 heavy (non-hydrogen) atoms. The predicted molar refractivity (Wildman–Crippen MR) is 86.2 cm³/mol. The first-order valence-corrected chi connectivity index (χ1v) is 8.37. The van der Waals surface area contributed by atoms with E-state index in [1.807, 2.05) is 12.3 Å². The fraction of sp³-hybridized carbons (Fsp3) is 0.733. The van der Waals surface area contributed by atoms with Gasteiger partial charge >= 0.3 is 0 Å². The molecule has 1 N–H and O–H groups in total. The third-order valence-corrected chi connectivity index (χ3v) is 4.74. The van der Waals surface area contributed by atoms with Crippen LogP contribution in [0.3, 0.4) is 0 Å². The number of rotatable bonds is 8. The van der Waals surface area contributed by atoms with Crippen molar-refractivity contribution in [2.45, 2.75) is 60.0 Å². The number of thiazole rings is 1. The average molecular weight is 297 g/mol. The fourth-order valence-corrected chi connectivity index (χ4v) is 3.35. The summed E-state index contributed by atoms with van der Waals surface area (Å²) < 4.78 is 0. The van der Waals surface area contributed by atoms with Crippen molar-refractivity contribution in [3.8, 4) is 0 Å². The molecule has 1 aromatic rings. The van der Waals surface area contributed by atoms with Gasteiger partial charge in [0.2, 0.25) is 5.91 Å². The van der Waals surface area contributed by atoms with Crippen LogP contribution in [-0.2, 0) is 11.3 Å². The molecule has 5 heteroatoms. The van der Waals surface area contributed by atoms with Crippen LogP contribution in [0, 0.1) is 5.92 Å². The van der Waals surface area contributed by atoms with Gasteiger partial charge in [0.25, 0.3) is 0 Å². The number of amides is 1. The van der Waals surface area contributed by atoms with Crippen LogP contribution in [0.5, 0.6) is 0 Å². The Bertz CT molecular complexity index is 415. The number of carbonyl (C=O) groups excluding carboxylic acids is 1. The molecule has 0 saturated heterocycles. The summed E-state index contributed by atoms with van der Waals surface area (Å²) in [6.45, 7) is 11.7. The Hall–Kier alpha value is -0.940. The van der Waals surface area contributed by atoms with Crippen molar-refractivity contribution in [2.24, 2.45) is 5.92 Å². The van der Waals surface area contributed by atoms with Gasteiger partial charge in [-0.2, -0.15) is 0 Å². The van der Waals surface area contributed by atoms with Gasteiger partial charge in [0.1, 0.15) is 0 Å². The molecule has 0 aliphatic heterocycles. The molecular weight excluding hydrogens is 270 g/mol. The highest BCUT2D eigenvalue weighted by Crippen LogP contribution is 2.21. The fourth-order valence-electron chi connectivity index (χ4n) is 2.42. The largest absolute Gasteiger partial charge is 0.308 e. The molecule has 0 fully saturated rings. The average Bonchev–Trinajstić information content (AvgIpc) is 2.87. The van der Waals surface area contributed by atoms with E-state index in [1.165, 1.54) is 24.2 Å². The molecule has 114 valence electrons. The summed E-state index contributed by atoms with van der Waals surface area (Å²) in [7, 11) is 0. The lowest BCUT2D eigenvalue weighted by atomic mass is 9.95. The molecule has 4 nitrogen and oxygen atoms in total. The van der Waals surface area contributed by atoms with E-state index in [-0.39, 0.29) is 5.91 Å². The monoisotopic (exact) mass is 297 g/mol. The number of hydrogen-bond acceptors (Lipinski definition) is 4. The van der Waals surface area contributed by atoms with Gasteiger partial charge in [0.05, 0.1) is 5.69 Å². The second kappa shape index (κ2) is 8.37. The maximum Gasteiger partial charge on any atom is 0.225 e. The first-order valence-electron chi connectivity index (χ1n) is 7.49. The minimum Gasteiger partial charge on any atom is -0.308 e. The number of carbonyl (C=O) groups is 1. The predicted octanol–water partition coefficient (Wildman–Crippen LogP) is 3.43. The van der Waals surface area contributed by atoms with Gasteiger partial charge in [0.15, 0.2) is 5.13 Å². The molecule has 1 amide bonds. The second-order valence-corrected chi connectivity index (χ2v) is 5.97. The molecule has 1 rings (SSSR count). The third-order valence-electron chi connectivity index (χ3n) is 3.83. The molecule has 1 atom stereocenters. The summed E-state index contributed by atoms with van der Waals surface area (Å²) in [4.78, 5) is 17.7. The van der Waals surface area contributed by atoms with E-state index >= 15 is 0 Å². The van der Waals surface area contributed by atoms with Gasteiger partial charge in [-0.05, 0) is 19.8 Å². The van der Waals surface area contributed by atoms with Gasteiger partial charge < -0.3 is 5.32 Å². The number of hydrogen-bond donors (Lipinski definition) is 1. The highest BCUT2D eigenvalue weighted by molar-refractivity contribution is 7.14. The van der Waals surface area contributed by atoms with Gasteiger partial charge in [-0.3, -0.25) is 9.69 Å². The quantitative estimate of drug-likeness (QED) is 0.799. The van der Waals surface area contributed by atoms with Crippen molar-refractivity contribution < 1.29 is 4.79 Å². The van der Waals surface area contributed by atoms with Crippen LogP contribution in [0.1, 0.15) is 53.2 Å². The normalized spacial score (nSPS) is 12.7. The molecular formula is C15H27N3OS. The molecule has 0 bridgehead atoms. The molecule has 0 aromatic carbocycles. The molecule has 1 aromatic heterocycles. The minimum absolute atomic E-state index is 0.0479. The van der Waals surface area contributed by atoms with E-state index in [2.05, 4.69) is 31.1 Å². The van der Waals surface area contributed by atoms with Crippen molar-refractivity contribution in [1.29, 1.82) is 0 Å². The molecule has 0 saturated carbocycles. The van der Waals surface area contributed by atoms with E-state index in [1.54, 1.807) is 11.8 Å². The van der Waals surface area contributed by atoms with Gasteiger partial charge in [-0.25, -0.2) is 4.98 Å². The van der Waals surface area contributed by atoms with Crippen molar-refractivity contribution in [1.82, 2.24) is 10.3 Å². The molecule has 0 aliphatic carbocycles. The van der Waals surface area contributed by atoms with Gasteiger partial charge in [0, 0.05) is 31.4 Å². The van der Waals surface area contributed by atoms with Crippen LogP contribution >= 0.6 is 11.3 Å². The van der Waals surface area contributed by atoms with Crippen LogP contribution in [0.2, 0.25) is 0 Å². The number of nitrogens with one attached hydrogen (secondary N) is 1. The topological polar surface area (TPSA) is 45.2 Å². The number of anilines is 1. The lowest BCUT2D eigenvalue weighted by Gasteiger charge is -2.22. The van der Waals surface area contributed by atoms with Crippen LogP contribution in [0.4, 0.5) is 5.13 Å². The lowest BCUT2D eigenvalue weighted by molar-refractivity contribution is -0.116. The van der Waals surface area contributed by atoms with E-state index in [9.17, 15) is 4.79 Å². The van der Waals surface area contributed by atoms with E-state index < -0.39 is 0 Å². The standard InChI is InChI=1S/C15H27N3OS/c1-6-13(7-2)11(4)16-9-14-10-20-15(17-14)18(8-3)12(5)19/h10-11,13,16H,6-9H2,1-5H3. The first-order chi connectivity index (χ1) is 9.53. The van der Waals surface area contributed by atoms with Crippen molar-refractivity contribution in [3.05, 3.63) is 11.1 Å². The number of nitrogens with zero attached hydrogens (tertiary/aromatic N) is 2. The Labute approximate surface area is 126 Å². The van der Waals surface area contributed by atoms with Crippen LogP contribution in [0.15, 0.2) is 5.38 Å². The van der Waals surface area contributed by atoms with E-state index in [0.717, 1.165) is 17.4 Å². The number of aromatic nitrogens is 1. The highest BCUT2D eigenvalue weighted by atomic mass is 32.1. The molecule has 0 aliphatic rings. The van der Waals surface area contributed by atoms with E-state index in [0.29, 0.717) is 18.5 Å². The smallest absolute Gasteiger partial charge is 0.225 e. The maximum atomic E-state index is 11.5. The van der Waals surface area contributed by atoms with Gasteiger partial charge in [-0.1, -0.05) is 26.7 Å². The summed E-state index contributed by atoms with van der Waals surface area (Å²) in [6, 6.07) is 0.491. The Balaban J connectivity index is 2.58. The summed E-state index contributed by atoms with van der Waals surface area (Å²) >= 11 is 1.54. The first kappa shape index (κ1) is 17.1. The van der Waals surface area contributed by atoms with Gasteiger partial charge in [-0.15, -0.1) is 11.3 Å². The van der Waals surface area contributed by atoms with E-state index in [4.69, 9.17) is 0 Å². The van der Waals surface area contributed by atoms with Crippen molar-refractivity contribution >= 4 is 22.4 Å². The third kappa shape index (κ3) is 4.56. The second-order valence-electron chi connectivity index (χ2n) is 5.13. The van der Waals surface area contributed by atoms with Crippen LogP contribution < -0.4 is 10.2 Å². The lowest BCUT2D eigenvalue weighted by Crippen LogP contribution is -2.32. The summed E-state index contributed by atoms with van der Waals surface area (Å²) in [5, 5.41) is 6.37. The zero-order valence-corrected chi connectivity index (χ0v) is 14.1. The SMILES string of the molecule is CCC(CC)C(C)NCc1csc(N(CC)C(C)=O)n1. The molecule has 1 unspecified atom stereocenters. The molecule has 1 heterocycles. The van der Waals surface area contributed by atoms with Crippen LogP contribution in [0.25, 0.3) is 0 Å². The molecule has 0 radical (unpaired) electrons. The Morgan fingerprint density at radius 3 is 2.55 bits per heavy atom. The maximum absolute atomic E-state index is 11.5. The Morgan fingerprint density at radius 1 is 1.40 bits per heavy atom. The zero-order valence-electron chi connectivity index (χ0n) is 13.3. The Morgan fingerprint density at radius 2 is 2.05 bits per heavy atom. The Kier molecular flexibility index (Phi) is 7.16. The summed E-state index contributed by atoms with van der Waals surface area (Å²) in [6.07, 6.45) is 2.39. The minimum atomic E-state index is 0.0479. The molecule has 0 spiro atoms. The highest BCUT2D eigenvalue weighted by Gasteiger charge is 2.15. The van der Waals surface area contributed by atoms with Crippen molar-refractivity contribution in [3.63, 3.8) is 0 Å².